The summed E-state index contributed by atoms with van der Waals surface area (Å²) in [6, 6.07) is 6.35. The molecular weight excluding hydrogens is 354 g/mol. The molecule has 2 aliphatic heterocycles. The zero-order chi connectivity index (χ0) is 18.1. The molecule has 1 amide bonds. The van der Waals surface area contributed by atoms with E-state index < -0.39 is 10.0 Å². The number of amides is 1. The number of rotatable bonds is 4. The predicted molar refractivity (Wildman–Crippen MR) is 94.0 cm³/mol. The fourth-order valence-corrected chi connectivity index (χ4v) is 5.08. The maximum absolute atomic E-state index is 12.7. The van der Waals surface area contributed by atoms with Gasteiger partial charge in [-0.15, -0.1) is 0 Å². The van der Waals surface area contributed by atoms with Crippen LogP contribution >= 0.6 is 0 Å². The molecule has 0 spiro atoms. The molecular formula is C17H21N5O3S. The molecule has 0 N–H and O–H groups in total. The van der Waals surface area contributed by atoms with Crippen LogP contribution in [0.5, 0.6) is 0 Å². The van der Waals surface area contributed by atoms with Crippen LogP contribution in [0.2, 0.25) is 0 Å². The second-order valence-electron chi connectivity index (χ2n) is 6.68. The summed E-state index contributed by atoms with van der Waals surface area (Å²) in [7, 11) is -3.45. The lowest BCUT2D eigenvalue weighted by molar-refractivity contribution is 0.0786. The van der Waals surface area contributed by atoms with Gasteiger partial charge in [0.15, 0.2) is 0 Å². The summed E-state index contributed by atoms with van der Waals surface area (Å²) < 4.78 is 26.6. The fourth-order valence-electron chi connectivity index (χ4n) is 3.56. The molecule has 2 saturated heterocycles. The van der Waals surface area contributed by atoms with Crippen LogP contribution in [-0.2, 0) is 10.0 Å². The lowest BCUT2D eigenvalue weighted by Crippen LogP contribution is -2.30. The lowest BCUT2D eigenvalue weighted by Gasteiger charge is -2.18. The SMILES string of the molecule is O=C(c1ccc(S(=O)(=O)N2CCCC2)cc1)N1CCC(n2nccn2)C1. The molecule has 0 radical (unpaired) electrons. The van der Waals surface area contributed by atoms with E-state index in [2.05, 4.69) is 10.2 Å². The molecule has 9 heteroatoms. The molecule has 1 atom stereocenters. The first kappa shape index (κ1) is 17.2. The Balaban J connectivity index is 1.46. The van der Waals surface area contributed by atoms with E-state index in [1.807, 2.05) is 0 Å². The van der Waals surface area contributed by atoms with Gasteiger partial charge >= 0.3 is 0 Å². The van der Waals surface area contributed by atoms with Gasteiger partial charge in [-0.2, -0.15) is 19.3 Å². The van der Waals surface area contributed by atoms with E-state index >= 15 is 0 Å². The van der Waals surface area contributed by atoms with Crippen molar-refractivity contribution in [1.29, 1.82) is 0 Å². The van der Waals surface area contributed by atoms with Crippen molar-refractivity contribution in [3.05, 3.63) is 42.2 Å². The predicted octanol–water partition coefficient (Wildman–Crippen LogP) is 1.15. The average molecular weight is 375 g/mol. The van der Waals surface area contributed by atoms with Crippen LogP contribution in [-0.4, -0.2) is 64.7 Å². The summed E-state index contributed by atoms with van der Waals surface area (Å²) in [6.07, 6.45) is 5.87. The molecule has 138 valence electrons. The molecule has 3 heterocycles. The van der Waals surface area contributed by atoms with Crippen LogP contribution in [0.15, 0.2) is 41.6 Å². The molecule has 0 aliphatic carbocycles. The van der Waals surface area contributed by atoms with Gasteiger partial charge < -0.3 is 4.90 Å². The van der Waals surface area contributed by atoms with Crippen LogP contribution in [0.4, 0.5) is 0 Å². The third-order valence-electron chi connectivity index (χ3n) is 5.02. The van der Waals surface area contributed by atoms with E-state index in [-0.39, 0.29) is 16.8 Å². The van der Waals surface area contributed by atoms with Crippen molar-refractivity contribution in [3.8, 4) is 0 Å². The smallest absolute Gasteiger partial charge is 0.253 e. The molecule has 1 aromatic carbocycles. The minimum Gasteiger partial charge on any atom is -0.336 e. The molecule has 1 unspecified atom stereocenters. The van der Waals surface area contributed by atoms with E-state index in [1.165, 1.54) is 16.4 Å². The van der Waals surface area contributed by atoms with E-state index in [1.54, 1.807) is 34.2 Å². The maximum Gasteiger partial charge on any atom is 0.253 e. The van der Waals surface area contributed by atoms with Gasteiger partial charge in [0.05, 0.1) is 23.3 Å². The monoisotopic (exact) mass is 375 g/mol. The number of nitrogens with zero attached hydrogens (tertiary/aromatic N) is 5. The summed E-state index contributed by atoms with van der Waals surface area (Å²) in [6.45, 7) is 2.33. The van der Waals surface area contributed by atoms with Gasteiger partial charge in [0.25, 0.3) is 5.91 Å². The quantitative estimate of drug-likeness (QED) is 0.800. The normalized spacial score (nSPS) is 21.4. The molecule has 0 saturated carbocycles. The third kappa shape index (κ3) is 3.12. The van der Waals surface area contributed by atoms with Crippen LogP contribution in [0, 0.1) is 0 Å². The van der Waals surface area contributed by atoms with Crippen LogP contribution in [0.3, 0.4) is 0 Å². The number of aromatic nitrogens is 3. The second kappa shape index (κ2) is 6.81. The van der Waals surface area contributed by atoms with E-state index in [4.69, 9.17) is 0 Å². The minimum atomic E-state index is -3.45. The Kier molecular flexibility index (Phi) is 4.49. The Morgan fingerprint density at radius 3 is 2.31 bits per heavy atom. The molecule has 8 nitrogen and oxygen atoms in total. The summed E-state index contributed by atoms with van der Waals surface area (Å²) in [5.41, 5.74) is 0.499. The Morgan fingerprint density at radius 1 is 1.00 bits per heavy atom. The molecule has 2 fully saturated rings. The number of hydrogen-bond acceptors (Lipinski definition) is 5. The first-order valence-electron chi connectivity index (χ1n) is 8.81. The zero-order valence-corrected chi connectivity index (χ0v) is 15.2. The van der Waals surface area contributed by atoms with Gasteiger partial charge in [0, 0.05) is 31.7 Å². The largest absolute Gasteiger partial charge is 0.336 e. The number of sulfonamides is 1. The Morgan fingerprint density at radius 2 is 1.65 bits per heavy atom. The van der Waals surface area contributed by atoms with Gasteiger partial charge in [-0.05, 0) is 43.5 Å². The molecule has 2 aromatic rings. The number of likely N-dealkylation sites (tertiary alicyclic amines) is 1. The standard InChI is InChI=1S/C17H21N5O3S/c23-17(20-12-7-15(13-20)22-18-8-9-19-22)14-3-5-16(6-4-14)26(24,25)21-10-1-2-11-21/h3-6,8-9,15H,1-2,7,10-13H2. The second-order valence-corrected chi connectivity index (χ2v) is 8.62. The van der Waals surface area contributed by atoms with Gasteiger partial charge in [-0.1, -0.05) is 0 Å². The minimum absolute atomic E-state index is 0.0868. The molecule has 2 aliphatic rings. The van der Waals surface area contributed by atoms with Crippen LogP contribution < -0.4 is 0 Å². The third-order valence-corrected chi connectivity index (χ3v) is 6.93. The number of benzene rings is 1. The van der Waals surface area contributed by atoms with Crippen molar-refractivity contribution < 1.29 is 13.2 Å². The van der Waals surface area contributed by atoms with Crippen molar-refractivity contribution >= 4 is 15.9 Å². The topological polar surface area (TPSA) is 88.4 Å². The highest BCUT2D eigenvalue weighted by atomic mass is 32.2. The highest BCUT2D eigenvalue weighted by molar-refractivity contribution is 7.89. The highest BCUT2D eigenvalue weighted by Gasteiger charge is 2.30. The van der Waals surface area contributed by atoms with Gasteiger partial charge in [0.1, 0.15) is 0 Å². The van der Waals surface area contributed by atoms with Crippen molar-refractivity contribution in [3.63, 3.8) is 0 Å². The van der Waals surface area contributed by atoms with E-state index in [0.29, 0.717) is 31.7 Å². The summed E-state index contributed by atoms with van der Waals surface area (Å²) >= 11 is 0. The zero-order valence-electron chi connectivity index (χ0n) is 14.4. The van der Waals surface area contributed by atoms with Crippen LogP contribution in [0.1, 0.15) is 35.7 Å². The van der Waals surface area contributed by atoms with Crippen molar-refractivity contribution in [2.24, 2.45) is 0 Å². The van der Waals surface area contributed by atoms with Crippen LogP contribution in [0.25, 0.3) is 0 Å². The Bertz CT molecular complexity index is 874. The fraction of sp³-hybridized carbons (Fsp3) is 0.471. The first-order chi connectivity index (χ1) is 12.6. The van der Waals surface area contributed by atoms with Crippen molar-refractivity contribution in [2.45, 2.75) is 30.2 Å². The van der Waals surface area contributed by atoms with Gasteiger partial charge in [-0.25, -0.2) is 8.42 Å². The van der Waals surface area contributed by atoms with Crippen molar-refractivity contribution in [1.82, 2.24) is 24.2 Å². The summed E-state index contributed by atoms with van der Waals surface area (Å²) in [4.78, 5) is 16.3. The van der Waals surface area contributed by atoms with E-state index in [9.17, 15) is 13.2 Å². The first-order valence-corrected chi connectivity index (χ1v) is 10.2. The van der Waals surface area contributed by atoms with Crippen molar-refractivity contribution in [2.75, 3.05) is 26.2 Å². The summed E-state index contributed by atoms with van der Waals surface area (Å²) in [5.74, 6) is -0.0928. The number of carbonyl (C=O) groups excluding carboxylic acids is 1. The summed E-state index contributed by atoms with van der Waals surface area (Å²) in [5, 5.41) is 8.27. The number of hydrogen-bond donors (Lipinski definition) is 0. The number of carbonyl (C=O) groups is 1. The average Bonchev–Trinajstić information content (AvgIpc) is 3.43. The van der Waals surface area contributed by atoms with Gasteiger partial charge in [0.2, 0.25) is 10.0 Å². The maximum atomic E-state index is 12.7. The highest BCUT2D eigenvalue weighted by Crippen LogP contribution is 2.24. The molecule has 1 aromatic heterocycles. The van der Waals surface area contributed by atoms with Gasteiger partial charge in [-0.3, -0.25) is 4.79 Å². The Labute approximate surface area is 152 Å². The molecule has 26 heavy (non-hydrogen) atoms. The lowest BCUT2D eigenvalue weighted by atomic mass is 10.2. The van der Waals surface area contributed by atoms with E-state index in [0.717, 1.165) is 19.3 Å². The Hall–Kier alpha value is -2.26. The molecule has 0 bridgehead atoms. The molecule has 4 rings (SSSR count).